The molecular weight excluding hydrogens is 246 g/mol. The predicted octanol–water partition coefficient (Wildman–Crippen LogP) is 3.18. The first-order valence-electron chi connectivity index (χ1n) is 6.04. The largest absolute Gasteiger partial charge is 0.307 e. The summed E-state index contributed by atoms with van der Waals surface area (Å²) in [6.45, 7) is 5.96. The van der Waals surface area contributed by atoms with Crippen LogP contribution in [0.15, 0.2) is 42.6 Å². The van der Waals surface area contributed by atoms with Crippen molar-refractivity contribution in [2.75, 3.05) is 0 Å². The van der Waals surface area contributed by atoms with Gasteiger partial charge in [0, 0.05) is 25.3 Å². The van der Waals surface area contributed by atoms with E-state index >= 15 is 0 Å². The molecule has 1 heterocycles. The standard InChI is InChI=1S/C14H19N3.ClH/c1-12(2)17-9-8-14(16-17)11-15-10-13-6-4-3-5-7-13;/h3-9,12,15H,10-11H2,1-2H3;1H. The molecule has 0 spiro atoms. The minimum atomic E-state index is 0. The van der Waals surface area contributed by atoms with Crippen LogP contribution in [0.3, 0.4) is 0 Å². The molecule has 0 aliphatic rings. The lowest BCUT2D eigenvalue weighted by molar-refractivity contribution is 0.521. The molecule has 0 atom stereocenters. The first kappa shape index (κ1) is 14.7. The molecule has 1 N–H and O–H groups in total. The Morgan fingerprint density at radius 3 is 2.44 bits per heavy atom. The first-order valence-corrected chi connectivity index (χ1v) is 6.04. The van der Waals surface area contributed by atoms with Crippen molar-refractivity contribution in [3.05, 3.63) is 53.9 Å². The third kappa shape index (κ3) is 4.17. The van der Waals surface area contributed by atoms with E-state index in [-0.39, 0.29) is 12.4 Å². The highest BCUT2D eigenvalue weighted by atomic mass is 35.5. The maximum Gasteiger partial charge on any atom is 0.0762 e. The minimum absolute atomic E-state index is 0. The van der Waals surface area contributed by atoms with Crippen LogP contribution in [0.1, 0.15) is 31.1 Å². The van der Waals surface area contributed by atoms with E-state index in [0.717, 1.165) is 18.8 Å². The number of hydrogen-bond donors (Lipinski definition) is 1. The normalized spacial score (nSPS) is 10.4. The van der Waals surface area contributed by atoms with Gasteiger partial charge in [-0.05, 0) is 25.5 Å². The molecule has 3 nitrogen and oxygen atoms in total. The van der Waals surface area contributed by atoms with Gasteiger partial charge in [0.05, 0.1) is 5.69 Å². The summed E-state index contributed by atoms with van der Waals surface area (Å²) in [7, 11) is 0. The lowest BCUT2D eigenvalue weighted by atomic mass is 10.2. The van der Waals surface area contributed by atoms with Crippen molar-refractivity contribution < 1.29 is 0 Å². The van der Waals surface area contributed by atoms with Crippen LogP contribution in [-0.4, -0.2) is 9.78 Å². The van der Waals surface area contributed by atoms with Gasteiger partial charge in [-0.15, -0.1) is 12.4 Å². The molecule has 1 aromatic heterocycles. The van der Waals surface area contributed by atoms with E-state index < -0.39 is 0 Å². The molecule has 0 saturated heterocycles. The maximum atomic E-state index is 4.50. The van der Waals surface area contributed by atoms with Gasteiger partial charge >= 0.3 is 0 Å². The minimum Gasteiger partial charge on any atom is -0.307 e. The van der Waals surface area contributed by atoms with E-state index in [1.165, 1.54) is 5.56 Å². The molecule has 2 aromatic rings. The Morgan fingerprint density at radius 2 is 1.83 bits per heavy atom. The van der Waals surface area contributed by atoms with Gasteiger partial charge in [-0.3, -0.25) is 4.68 Å². The fraction of sp³-hybridized carbons (Fsp3) is 0.357. The molecule has 0 fully saturated rings. The zero-order valence-electron chi connectivity index (χ0n) is 10.8. The van der Waals surface area contributed by atoms with Gasteiger partial charge in [-0.2, -0.15) is 5.10 Å². The average molecular weight is 266 g/mol. The Bertz CT molecular complexity index is 451. The van der Waals surface area contributed by atoms with E-state index in [2.05, 4.69) is 54.6 Å². The van der Waals surface area contributed by atoms with E-state index in [1.807, 2.05) is 16.9 Å². The third-order valence-electron chi connectivity index (χ3n) is 2.67. The summed E-state index contributed by atoms with van der Waals surface area (Å²) in [5.74, 6) is 0. The molecule has 4 heteroatoms. The Kier molecular flexibility index (Phi) is 5.89. The number of hydrogen-bond acceptors (Lipinski definition) is 2. The van der Waals surface area contributed by atoms with E-state index in [4.69, 9.17) is 0 Å². The van der Waals surface area contributed by atoms with Crippen molar-refractivity contribution in [1.82, 2.24) is 15.1 Å². The van der Waals surface area contributed by atoms with Crippen LogP contribution < -0.4 is 5.32 Å². The van der Waals surface area contributed by atoms with Gasteiger partial charge in [0.25, 0.3) is 0 Å². The maximum absolute atomic E-state index is 4.50. The first-order chi connectivity index (χ1) is 8.25. The third-order valence-corrected chi connectivity index (χ3v) is 2.67. The summed E-state index contributed by atoms with van der Waals surface area (Å²) in [5.41, 5.74) is 2.39. The smallest absolute Gasteiger partial charge is 0.0762 e. The summed E-state index contributed by atoms with van der Waals surface area (Å²) in [6, 6.07) is 12.9. The van der Waals surface area contributed by atoms with Crippen molar-refractivity contribution in [2.24, 2.45) is 0 Å². The molecule has 0 saturated carbocycles. The zero-order valence-corrected chi connectivity index (χ0v) is 11.7. The number of aromatic nitrogens is 2. The van der Waals surface area contributed by atoms with Crippen LogP contribution >= 0.6 is 12.4 Å². The Balaban J connectivity index is 0.00000162. The van der Waals surface area contributed by atoms with Crippen LogP contribution in [0, 0.1) is 0 Å². The highest BCUT2D eigenvalue weighted by molar-refractivity contribution is 5.85. The number of nitrogens with one attached hydrogen (secondary N) is 1. The van der Waals surface area contributed by atoms with E-state index in [9.17, 15) is 0 Å². The van der Waals surface area contributed by atoms with Gasteiger partial charge in [0.2, 0.25) is 0 Å². The van der Waals surface area contributed by atoms with Crippen molar-refractivity contribution in [3.63, 3.8) is 0 Å². The van der Waals surface area contributed by atoms with Crippen molar-refractivity contribution >= 4 is 12.4 Å². The van der Waals surface area contributed by atoms with Gasteiger partial charge in [-0.1, -0.05) is 30.3 Å². The molecule has 0 radical (unpaired) electrons. The molecule has 0 unspecified atom stereocenters. The van der Waals surface area contributed by atoms with Gasteiger partial charge in [0.1, 0.15) is 0 Å². The van der Waals surface area contributed by atoms with Crippen LogP contribution in [0.25, 0.3) is 0 Å². The molecule has 0 amide bonds. The molecule has 0 bridgehead atoms. The fourth-order valence-electron chi connectivity index (χ4n) is 1.69. The summed E-state index contributed by atoms with van der Waals surface area (Å²) < 4.78 is 1.99. The summed E-state index contributed by atoms with van der Waals surface area (Å²) in [4.78, 5) is 0. The topological polar surface area (TPSA) is 29.9 Å². The van der Waals surface area contributed by atoms with Gasteiger partial charge in [-0.25, -0.2) is 0 Å². The van der Waals surface area contributed by atoms with Crippen molar-refractivity contribution in [2.45, 2.75) is 33.0 Å². The summed E-state index contributed by atoms with van der Waals surface area (Å²) in [5, 5.41) is 7.89. The molecule has 98 valence electrons. The van der Waals surface area contributed by atoms with Crippen LogP contribution in [0.4, 0.5) is 0 Å². The van der Waals surface area contributed by atoms with Crippen LogP contribution in [0.2, 0.25) is 0 Å². The second-order valence-electron chi connectivity index (χ2n) is 4.47. The molecule has 0 aliphatic heterocycles. The molecule has 0 aliphatic carbocycles. The van der Waals surface area contributed by atoms with Crippen LogP contribution in [-0.2, 0) is 13.1 Å². The van der Waals surface area contributed by atoms with Gasteiger partial charge < -0.3 is 5.32 Å². The number of halogens is 1. The van der Waals surface area contributed by atoms with Crippen LogP contribution in [0.5, 0.6) is 0 Å². The quantitative estimate of drug-likeness (QED) is 0.900. The highest BCUT2D eigenvalue weighted by Crippen LogP contribution is 2.04. The summed E-state index contributed by atoms with van der Waals surface area (Å²) >= 11 is 0. The molecular formula is C14H20ClN3. The number of nitrogens with zero attached hydrogens (tertiary/aromatic N) is 2. The molecule has 1 aromatic carbocycles. The Hall–Kier alpha value is -1.32. The van der Waals surface area contributed by atoms with E-state index in [0.29, 0.717) is 6.04 Å². The second-order valence-corrected chi connectivity index (χ2v) is 4.47. The molecule has 2 rings (SSSR count). The Labute approximate surface area is 115 Å². The van der Waals surface area contributed by atoms with Crippen molar-refractivity contribution in [1.29, 1.82) is 0 Å². The SMILES string of the molecule is CC(C)n1ccc(CNCc2ccccc2)n1.Cl. The van der Waals surface area contributed by atoms with E-state index in [1.54, 1.807) is 0 Å². The monoisotopic (exact) mass is 265 g/mol. The summed E-state index contributed by atoms with van der Waals surface area (Å²) in [6.07, 6.45) is 2.03. The van der Waals surface area contributed by atoms with Gasteiger partial charge in [0.15, 0.2) is 0 Å². The number of rotatable bonds is 5. The second kappa shape index (κ2) is 7.19. The van der Waals surface area contributed by atoms with Crippen molar-refractivity contribution in [3.8, 4) is 0 Å². The predicted molar refractivity (Wildman–Crippen MR) is 76.8 cm³/mol. The lowest BCUT2D eigenvalue weighted by Crippen LogP contribution is -2.13. The average Bonchev–Trinajstić information content (AvgIpc) is 2.79. The lowest BCUT2D eigenvalue weighted by Gasteiger charge is -2.05. The zero-order chi connectivity index (χ0) is 12.1. The molecule has 18 heavy (non-hydrogen) atoms. The highest BCUT2D eigenvalue weighted by Gasteiger charge is 2.01. The number of benzene rings is 1. The Morgan fingerprint density at radius 1 is 1.11 bits per heavy atom. The fourth-order valence-corrected chi connectivity index (χ4v) is 1.69.